The van der Waals surface area contributed by atoms with E-state index in [0.29, 0.717) is 24.4 Å². The third-order valence-electron chi connectivity index (χ3n) is 14.8. The first-order valence-corrected chi connectivity index (χ1v) is 25.6. The molecular formula is C51H71ClN4O13S. The van der Waals surface area contributed by atoms with Crippen LogP contribution in [0.15, 0.2) is 35.9 Å². The van der Waals surface area contributed by atoms with Crippen LogP contribution >= 0.6 is 23.4 Å². The summed E-state index contributed by atoms with van der Waals surface area (Å²) in [7, 11) is 5.91. The van der Waals surface area contributed by atoms with Crippen LogP contribution in [0.25, 0.3) is 0 Å². The molecule has 17 nitrogen and oxygen atoms in total. The number of rotatable bonds is 12. The van der Waals surface area contributed by atoms with E-state index < -0.39 is 82.2 Å². The molecule has 3 saturated heterocycles. The van der Waals surface area contributed by atoms with Gasteiger partial charge in [0, 0.05) is 70.0 Å². The summed E-state index contributed by atoms with van der Waals surface area (Å²) in [5.41, 5.74) is -1.54. The van der Waals surface area contributed by atoms with Crippen molar-refractivity contribution in [3.8, 4) is 5.75 Å². The van der Waals surface area contributed by atoms with Gasteiger partial charge >= 0.3 is 12.1 Å². The van der Waals surface area contributed by atoms with Crippen molar-refractivity contribution in [1.29, 1.82) is 0 Å². The van der Waals surface area contributed by atoms with E-state index in [1.54, 1.807) is 45.2 Å². The fourth-order valence-electron chi connectivity index (χ4n) is 10.1. The zero-order valence-corrected chi connectivity index (χ0v) is 43.9. The number of allylic oxidation sites excluding steroid dienone is 3. The number of aliphatic hydroxyl groups is 1. The smallest absolute Gasteiger partial charge is 0.409 e. The van der Waals surface area contributed by atoms with Gasteiger partial charge in [0.15, 0.2) is 5.72 Å². The van der Waals surface area contributed by atoms with Crippen molar-refractivity contribution in [2.24, 2.45) is 23.2 Å². The van der Waals surface area contributed by atoms with Crippen LogP contribution in [-0.4, -0.2) is 144 Å². The van der Waals surface area contributed by atoms with Crippen molar-refractivity contribution in [1.82, 2.24) is 15.1 Å². The number of amides is 5. The highest BCUT2D eigenvalue weighted by Crippen LogP contribution is 2.49. The number of benzene rings is 1. The van der Waals surface area contributed by atoms with Gasteiger partial charge in [0.1, 0.15) is 46.5 Å². The maximum Gasteiger partial charge on any atom is 0.409 e. The largest absolute Gasteiger partial charge is 0.495 e. The standard InChI is InChI=1S/C51H71ClN4O13S/c1-28-13-12-14-38(66-11)51(64)26-36(67-48(63)53-51)29(2)45-50(7,69-45)39(25-41(58)55(9)34-22-32(21-28)23-35(65-10)43(34)52)68-47(62)30(3)54(8)40(57)19-20-70-37-24-42(59)56(46(37)61)27-31-15-17-33(18-16-31)44(60)49(4,5)6/h12-14,22-23,29-31,33,36-39,45,64H,15-21,24-27H2,1-11H3,(H,53,63)/b14-12+,28-13+/t29-,30+,31?,33?,36+,37-,38-,39+,45+,50+,51+/m1/s1. The van der Waals surface area contributed by atoms with Gasteiger partial charge < -0.3 is 38.6 Å². The number of likely N-dealkylation sites (tertiary alicyclic amines) is 1. The SMILES string of the molecule is COc1cc2cc(c1Cl)N(C)C(=O)C[C@H](OC(=O)[C@H](C)N(C)C(=O)CCS[C@@H]1CC(=O)N(CC3CCC(C(=O)C(C)(C)C)CC3)C1=O)[C@]1(C)O[C@H]1[C@H](C)[C@@H]1C[C@@](O)(NC(=O)O1)[C@H](OC)/C=C/C=C(\C)C2. The second kappa shape index (κ2) is 22.1. The highest BCUT2D eigenvalue weighted by molar-refractivity contribution is 8.00. The number of thioether (sulfide) groups is 1. The van der Waals surface area contributed by atoms with E-state index in [2.05, 4.69) is 5.32 Å². The number of hydrogen-bond acceptors (Lipinski definition) is 14. The molecule has 9 atom stereocenters. The molecule has 0 radical (unpaired) electrons. The number of likely N-dealkylation sites (N-methyl/N-ethyl adjacent to an activating group) is 1. The normalized spacial score (nSPS) is 32.4. The lowest BCUT2D eigenvalue weighted by Gasteiger charge is -2.42. The zero-order chi connectivity index (χ0) is 51.6. The first-order chi connectivity index (χ1) is 32.8. The first kappa shape index (κ1) is 54.8. The number of halogens is 1. The number of alkyl carbamates (subject to hydrolysis) is 1. The van der Waals surface area contributed by atoms with Crippen molar-refractivity contribution < 1.29 is 62.4 Å². The van der Waals surface area contributed by atoms with E-state index in [4.69, 9.17) is 35.3 Å². The van der Waals surface area contributed by atoms with Crippen LogP contribution in [0.3, 0.4) is 0 Å². The lowest BCUT2D eigenvalue weighted by molar-refractivity contribution is -0.162. The van der Waals surface area contributed by atoms with Gasteiger partial charge in [0.2, 0.25) is 23.6 Å². The van der Waals surface area contributed by atoms with Crippen molar-refractivity contribution in [2.75, 3.05) is 45.5 Å². The van der Waals surface area contributed by atoms with E-state index in [1.165, 1.54) is 54.7 Å². The molecule has 5 amide bonds. The topological polar surface area (TPSA) is 211 Å². The quantitative estimate of drug-likeness (QED) is 0.136. The number of nitrogens with zero attached hydrogens (tertiary/aromatic N) is 3. The van der Waals surface area contributed by atoms with Gasteiger partial charge in [-0.15, -0.1) is 11.8 Å². The lowest BCUT2D eigenvalue weighted by atomic mass is 9.73. The fraction of sp³-hybridized carbons (Fsp3) is 0.667. The Balaban J connectivity index is 1.14. The lowest BCUT2D eigenvalue weighted by Crippen LogP contribution is -2.63. The summed E-state index contributed by atoms with van der Waals surface area (Å²) in [6.45, 7) is 13.0. The van der Waals surface area contributed by atoms with Crippen LogP contribution in [0.1, 0.15) is 105 Å². The molecule has 70 heavy (non-hydrogen) atoms. The van der Waals surface area contributed by atoms with Gasteiger partial charge in [-0.1, -0.05) is 63.1 Å². The Kier molecular flexibility index (Phi) is 17.3. The fourth-order valence-corrected chi connectivity index (χ4v) is 11.6. The molecule has 4 aliphatic heterocycles. The number of epoxide rings is 1. The Morgan fingerprint density at radius 1 is 1.07 bits per heavy atom. The summed E-state index contributed by atoms with van der Waals surface area (Å²) in [4.78, 5) is 98.3. The van der Waals surface area contributed by atoms with Gasteiger partial charge in [-0.2, -0.15) is 0 Å². The molecule has 0 aromatic heterocycles. The summed E-state index contributed by atoms with van der Waals surface area (Å²) >= 11 is 8.05. The molecule has 5 aliphatic rings. The number of carbonyl (C=O) groups is 7. The van der Waals surface area contributed by atoms with Gasteiger partial charge in [-0.05, 0) is 76.5 Å². The third-order valence-corrected chi connectivity index (χ3v) is 16.3. The van der Waals surface area contributed by atoms with E-state index in [1.807, 2.05) is 33.8 Å². The third kappa shape index (κ3) is 12.2. The van der Waals surface area contributed by atoms with E-state index in [9.17, 15) is 38.7 Å². The van der Waals surface area contributed by atoms with Gasteiger partial charge in [-0.3, -0.25) is 34.2 Å². The molecule has 386 valence electrons. The summed E-state index contributed by atoms with van der Waals surface area (Å²) < 4.78 is 29.5. The number of hydrogen-bond donors (Lipinski definition) is 2. The number of imide groups is 1. The molecule has 4 bridgehead atoms. The minimum absolute atomic E-state index is 0.000565. The van der Waals surface area contributed by atoms with Crippen molar-refractivity contribution >= 4 is 70.5 Å². The molecule has 4 heterocycles. The molecule has 0 unspecified atom stereocenters. The van der Waals surface area contributed by atoms with Crippen LogP contribution in [0, 0.1) is 23.2 Å². The monoisotopic (exact) mass is 1010 g/mol. The van der Waals surface area contributed by atoms with Crippen molar-refractivity contribution in [3.05, 3.63) is 46.5 Å². The first-order valence-electron chi connectivity index (χ1n) is 24.2. The number of anilines is 1. The molecule has 1 saturated carbocycles. The predicted molar refractivity (Wildman–Crippen MR) is 263 cm³/mol. The van der Waals surface area contributed by atoms with E-state index in [0.717, 1.165) is 36.8 Å². The molecule has 0 spiro atoms. The summed E-state index contributed by atoms with van der Waals surface area (Å²) in [6, 6.07) is 2.43. The van der Waals surface area contributed by atoms with E-state index in [-0.39, 0.29) is 65.9 Å². The Morgan fingerprint density at radius 3 is 2.40 bits per heavy atom. The molecule has 4 fully saturated rings. The number of ketones is 1. The molecule has 19 heteroatoms. The second-order valence-electron chi connectivity index (χ2n) is 20.9. The molecule has 1 aromatic carbocycles. The minimum atomic E-state index is -1.87. The molecule has 1 aromatic rings. The Bertz CT molecular complexity index is 2260. The highest BCUT2D eigenvalue weighted by Gasteiger charge is 2.64. The number of ether oxygens (including phenoxy) is 5. The minimum Gasteiger partial charge on any atom is -0.495 e. The molecule has 6 rings (SSSR count). The van der Waals surface area contributed by atoms with Gasteiger partial charge in [-0.25, -0.2) is 9.59 Å². The predicted octanol–water partition coefficient (Wildman–Crippen LogP) is 6.19. The van der Waals surface area contributed by atoms with Crippen LogP contribution in [0.5, 0.6) is 5.75 Å². The number of Topliss-reactive ketones (excluding diaryl/α,β-unsaturated/α-hetero) is 1. The average Bonchev–Trinajstić information content (AvgIpc) is 3.94. The Labute approximate surface area is 420 Å². The number of carbonyl (C=O) groups excluding carboxylic acids is 7. The Hall–Kier alpha value is -4.49. The van der Waals surface area contributed by atoms with Crippen LogP contribution < -0.4 is 15.0 Å². The maximum absolute atomic E-state index is 14.4. The van der Waals surface area contributed by atoms with Crippen LogP contribution in [0.4, 0.5) is 10.5 Å². The average molecular weight is 1020 g/mol. The maximum atomic E-state index is 14.4. The molecular weight excluding hydrogens is 944 g/mol. The van der Waals surface area contributed by atoms with Crippen LogP contribution in [0.2, 0.25) is 5.02 Å². The van der Waals surface area contributed by atoms with Gasteiger partial charge in [0.25, 0.3) is 0 Å². The number of methoxy groups -OCH3 is 2. The van der Waals surface area contributed by atoms with Gasteiger partial charge in [0.05, 0.1) is 30.6 Å². The zero-order valence-electron chi connectivity index (χ0n) is 42.3. The number of nitrogens with one attached hydrogen (secondary N) is 1. The number of esters is 1. The summed E-state index contributed by atoms with van der Waals surface area (Å²) in [5, 5.41) is 13.9. The van der Waals surface area contributed by atoms with Crippen LogP contribution in [-0.2, 0) is 54.1 Å². The highest BCUT2D eigenvalue weighted by atomic mass is 35.5. The second-order valence-corrected chi connectivity index (χ2v) is 22.6. The summed E-state index contributed by atoms with van der Waals surface area (Å²) in [5.74, 6) is -1.84. The molecule has 1 aliphatic carbocycles. The Morgan fingerprint density at radius 2 is 1.76 bits per heavy atom. The molecule has 2 N–H and O–H groups in total. The summed E-state index contributed by atoms with van der Waals surface area (Å²) in [6.07, 6.45) is 3.53. The number of fused-ring (bicyclic) bond motifs is 5. The van der Waals surface area contributed by atoms with Crippen molar-refractivity contribution in [2.45, 2.75) is 153 Å². The van der Waals surface area contributed by atoms with Crippen molar-refractivity contribution in [3.63, 3.8) is 0 Å². The van der Waals surface area contributed by atoms with E-state index >= 15 is 0 Å².